The molecule has 2 atom stereocenters. The Morgan fingerprint density at radius 1 is 1.31 bits per heavy atom. The first-order valence-electron chi connectivity index (χ1n) is 6.35. The number of ether oxygens (including phenoxy) is 1. The molecule has 0 radical (unpaired) electrons. The molecule has 1 aliphatic heterocycles. The Labute approximate surface area is 97.8 Å². The van der Waals surface area contributed by atoms with Crippen LogP contribution in [0.25, 0.3) is 0 Å². The molecule has 1 fully saturated rings. The molecule has 0 saturated carbocycles. The van der Waals surface area contributed by atoms with Crippen LogP contribution in [0.2, 0.25) is 0 Å². The van der Waals surface area contributed by atoms with Crippen LogP contribution in [0.1, 0.15) is 24.8 Å². The normalized spacial score (nSPS) is 22.2. The molecule has 1 aliphatic rings. The Bertz CT molecular complexity index is 293. The van der Waals surface area contributed by atoms with Gasteiger partial charge in [0, 0.05) is 13.0 Å². The Morgan fingerprint density at radius 2 is 2.12 bits per heavy atom. The fourth-order valence-electron chi connectivity index (χ4n) is 2.57. The molecule has 0 unspecified atom stereocenters. The van der Waals surface area contributed by atoms with Crippen LogP contribution in [0.4, 0.5) is 0 Å². The minimum absolute atomic E-state index is 0.474. The predicted molar refractivity (Wildman–Crippen MR) is 65.0 cm³/mol. The van der Waals surface area contributed by atoms with Gasteiger partial charge in [0.25, 0.3) is 0 Å². The fourth-order valence-corrected chi connectivity index (χ4v) is 2.57. The van der Waals surface area contributed by atoms with Crippen molar-refractivity contribution in [1.82, 2.24) is 0 Å². The Kier molecular flexibility index (Phi) is 4.37. The van der Waals surface area contributed by atoms with Crippen molar-refractivity contribution in [3.05, 3.63) is 35.9 Å². The molecular formula is C14H22NO+. The summed E-state index contributed by atoms with van der Waals surface area (Å²) >= 11 is 0. The van der Waals surface area contributed by atoms with Crippen molar-refractivity contribution in [1.29, 1.82) is 0 Å². The summed E-state index contributed by atoms with van der Waals surface area (Å²) in [5.74, 6) is 0.655. The molecule has 1 heterocycles. The Balaban J connectivity index is 1.96. The van der Waals surface area contributed by atoms with E-state index in [9.17, 15) is 0 Å². The van der Waals surface area contributed by atoms with Gasteiger partial charge >= 0.3 is 0 Å². The van der Waals surface area contributed by atoms with Crippen LogP contribution in [0.15, 0.2) is 30.3 Å². The topological polar surface area (TPSA) is 36.9 Å². The SMILES string of the molecule is [NH3+]CC[C@@H](Cc1ccccc1)[C@H]1CCCO1. The summed E-state index contributed by atoms with van der Waals surface area (Å²) in [5.41, 5.74) is 5.41. The minimum atomic E-state index is 0.474. The van der Waals surface area contributed by atoms with Crippen LogP contribution in [-0.4, -0.2) is 19.3 Å². The van der Waals surface area contributed by atoms with Gasteiger partial charge < -0.3 is 10.5 Å². The summed E-state index contributed by atoms with van der Waals surface area (Å²) in [4.78, 5) is 0. The van der Waals surface area contributed by atoms with Gasteiger partial charge in [0.15, 0.2) is 0 Å². The molecule has 0 aromatic heterocycles. The van der Waals surface area contributed by atoms with E-state index in [1.807, 2.05) is 0 Å². The maximum atomic E-state index is 5.81. The number of hydrogen-bond acceptors (Lipinski definition) is 1. The monoisotopic (exact) mass is 220 g/mol. The molecule has 1 saturated heterocycles. The van der Waals surface area contributed by atoms with E-state index in [1.165, 1.54) is 24.8 Å². The quantitative estimate of drug-likeness (QED) is 0.805. The lowest BCUT2D eigenvalue weighted by Crippen LogP contribution is -2.51. The van der Waals surface area contributed by atoms with Gasteiger partial charge in [-0.15, -0.1) is 0 Å². The number of quaternary nitrogens is 1. The molecule has 0 spiro atoms. The van der Waals surface area contributed by atoms with Crippen molar-refractivity contribution >= 4 is 0 Å². The molecule has 0 amide bonds. The number of hydrogen-bond donors (Lipinski definition) is 1. The van der Waals surface area contributed by atoms with E-state index in [2.05, 4.69) is 36.1 Å². The van der Waals surface area contributed by atoms with Crippen molar-refractivity contribution in [2.24, 2.45) is 5.92 Å². The highest BCUT2D eigenvalue weighted by molar-refractivity contribution is 5.15. The van der Waals surface area contributed by atoms with E-state index in [1.54, 1.807) is 0 Å². The first kappa shape index (κ1) is 11.6. The first-order chi connectivity index (χ1) is 7.90. The average molecular weight is 220 g/mol. The molecule has 1 aromatic carbocycles. The van der Waals surface area contributed by atoms with Crippen LogP contribution in [0.5, 0.6) is 0 Å². The second kappa shape index (κ2) is 6.02. The van der Waals surface area contributed by atoms with Gasteiger partial charge in [0.1, 0.15) is 0 Å². The van der Waals surface area contributed by atoms with E-state index < -0.39 is 0 Å². The molecule has 1 aromatic rings. The summed E-state index contributed by atoms with van der Waals surface area (Å²) in [7, 11) is 0. The zero-order valence-corrected chi connectivity index (χ0v) is 9.90. The summed E-state index contributed by atoms with van der Waals surface area (Å²) in [6.07, 6.45) is 5.26. The maximum absolute atomic E-state index is 5.81. The lowest BCUT2D eigenvalue weighted by molar-refractivity contribution is -0.371. The molecule has 0 aliphatic carbocycles. The molecule has 88 valence electrons. The molecule has 3 N–H and O–H groups in total. The van der Waals surface area contributed by atoms with Gasteiger partial charge in [0.05, 0.1) is 12.6 Å². The van der Waals surface area contributed by atoms with Gasteiger partial charge in [-0.1, -0.05) is 30.3 Å². The number of rotatable bonds is 5. The van der Waals surface area contributed by atoms with Crippen LogP contribution in [0, 0.1) is 5.92 Å². The van der Waals surface area contributed by atoms with Gasteiger partial charge in [-0.2, -0.15) is 0 Å². The van der Waals surface area contributed by atoms with E-state index >= 15 is 0 Å². The van der Waals surface area contributed by atoms with Gasteiger partial charge in [-0.25, -0.2) is 0 Å². The van der Waals surface area contributed by atoms with Crippen LogP contribution in [0.3, 0.4) is 0 Å². The van der Waals surface area contributed by atoms with E-state index in [4.69, 9.17) is 4.74 Å². The maximum Gasteiger partial charge on any atom is 0.0743 e. The van der Waals surface area contributed by atoms with Crippen molar-refractivity contribution in [3.8, 4) is 0 Å². The van der Waals surface area contributed by atoms with E-state index in [0.29, 0.717) is 12.0 Å². The minimum Gasteiger partial charge on any atom is -0.378 e. The molecule has 2 nitrogen and oxygen atoms in total. The largest absolute Gasteiger partial charge is 0.378 e. The highest BCUT2D eigenvalue weighted by Gasteiger charge is 2.25. The smallest absolute Gasteiger partial charge is 0.0743 e. The highest BCUT2D eigenvalue weighted by atomic mass is 16.5. The first-order valence-corrected chi connectivity index (χ1v) is 6.35. The standard InChI is InChI=1S/C14H21NO/c15-9-8-13(14-7-4-10-16-14)11-12-5-2-1-3-6-12/h1-3,5-6,13-14H,4,7-11,15H2/p+1/t13-,14+/m0/s1. The lowest BCUT2D eigenvalue weighted by atomic mass is 9.90. The third kappa shape index (κ3) is 3.06. The Morgan fingerprint density at radius 3 is 2.75 bits per heavy atom. The van der Waals surface area contributed by atoms with E-state index in [-0.39, 0.29) is 0 Å². The molecular weight excluding hydrogens is 198 g/mol. The predicted octanol–water partition coefficient (Wildman–Crippen LogP) is 1.66. The molecule has 2 rings (SSSR count). The van der Waals surface area contributed by atoms with Crippen molar-refractivity contribution in [2.45, 2.75) is 31.8 Å². The van der Waals surface area contributed by atoms with Crippen LogP contribution >= 0.6 is 0 Å². The van der Waals surface area contributed by atoms with Crippen molar-refractivity contribution < 1.29 is 10.5 Å². The average Bonchev–Trinajstić information content (AvgIpc) is 2.83. The van der Waals surface area contributed by atoms with Crippen molar-refractivity contribution in [2.75, 3.05) is 13.2 Å². The second-order valence-electron chi connectivity index (χ2n) is 4.64. The van der Waals surface area contributed by atoms with Crippen LogP contribution < -0.4 is 5.73 Å². The summed E-state index contributed by atoms with van der Waals surface area (Å²) in [6.45, 7) is 1.96. The van der Waals surface area contributed by atoms with Gasteiger partial charge in [0.2, 0.25) is 0 Å². The second-order valence-corrected chi connectivity index (χ2v) is 4.64. The summed E-state index contributed by atoms with van der Waals surface area (Å²) in [5, 5.41) is 0. The van der Waals surface area contributed by atoms with Gasteiger partial charge in [-0.3, -0.25) is 0 Å². The molecule has 16 heavy (non-hydrogen) atoms. The molecule has 2 heteroatoms. The fraction of sp³-hybridized carbons (Fsp3) is 0.571. The third-order valence-corrected chi connectivity index (χ3v) is 3.41. The summed E-state index contributed by atoms with van der Waals surface area (Å²) in [6, 6.07) is 10.7. The van der Waals surface area contributed by atoms with Crippen molar-refractivity contribution in [3.63, 3.8) is 0 Å². The highest BCUT2D eigenvalue weighted by Crippen LogP contribution is 2.25. The summed E-state index contributed by atoms with van der Waals surface area (Å²) < 4.78 is 5.81. The van der Waals surface area contributed by atoms with Gasteiger partial charge in [-0.05, 0) is 30.7 Å². The zero-order valence-electron chi connectivity index (χ0n) is 9.90. The Hall–Kier alpha value is -0.860. The molecule has 0 bridgehead atoms. The van der Waals surface area contributed by atoms with Crippen LogP contribution in [-0.2, 0) is 11.2 Å². The third-order valence-electron chi connectivity index (χ3n) is 3.41. The van der Waals surface area contributed by atoms with E-state index in [0.717, 1.165) is 19.6 Å². The number of benzene rings is 1. The zero-order chi connectivity index (χ0) is 11.2. The lowest BCUT2D eigenvalue weighted by Gasteiger charge is -2.21.